The highest BCUT2D eigenvalue weighted by molar-refractivity contribution is 6.35. The third kappa shape index (κ3) is 7.51. The Bertz CT molecular complexity index is 1210. The van der Waals surface area contributed by atoms with Gasteiger partial charge in [-0.3, -0.25) is 14.4 Å². The summed E-state index contributed by atoms with van der Waals surface area (Å²) in [5, 5.41) is 6.17. The largest absolute Gasteiger partial charge is 0.465 e. The van der Waals surface area contributed by atoms with E-state index in [2.05, 4.69) is 10.6 Å². The number of likely N-dealkylation sites (tertiary alicyclic amines) is 1. The molecule has 0 radical (unpaired) electrons. The molecule has 10 heteroatoms. The second-order valence-electron chi connectivity index (χ2n) is 10.4. The number of halogens is 2. The molecule has 4 rings (SSSR count). The van der Waals surface area contributed by atoms with E-state index in [1.807, 2.05) is 0 Å². The fraction of sp³-hybridized carbons (Fsp3) is 0.448. The molecule has 0 bridgehead atoms. The van der Waals surface area contributed by atoms with E-state index in [9.17, 15) is 19.2 Å². The van der Waals surface area contributed by atoms with Crippen LogP contribution in [0.25, 0.3) is 0 Å². The van der Waals surface area contributed by atoms with Crippen LogP contribution in [0.1, 0.15) is 72.1 Å². The number of amides is 3. The first-order valence-electron chi connectivity index (χ1n) is 13.2. The first kappa shape index (κ1) is 28.9. The molecule has 2 N–H and O–H groups in total. The molecular formula is C29H33Cl2N3O5. The molecule has 2 fully saturated rings. The van der Waals surface area contributed by atoms with Crippen molar-refractivity contribution in [2.75, 3.05) is 25.5 Å². The van der Waals surface area contributed by atoms with Gasteiger partial charge in [0.1, 0.15) is 6.04 Å². The number of hydrogen-bond donors (Lipinski definition) is 2. The molecule has 8 nitrogen and oxygen atoms in total. The number of rotatable bonds is 8. The van der Waals surface area contributed by atoms with Gasteiger partial charge in [-0.15, -0.1) is 0 Å². The van der Waals surface area contributed by atoms with Gasteiger partial charge in [0.05, 0.1) is 12.7 Å². The van der Waals surface area contributed by atoms with E-state index in [4.69, 9.17) is 27.9 Å². The Kier molecular flexibility index (Phi) is 9.51. The van der Waals surface area contributed by atoms with E-state index < -0.39 is 17.9 Å². The highest BCUT2D eigenvalue weighted by Crippen LogP contribution is 2.46. The van der Waals surface area contributed by atoms with Gasteiger partial charge in [0, 0.05) is 40.8 Å². The van der Waals surface area contributed by atoms with Crippen molar-refractivity contribution >= 4 is 52.6 Å². The van der Waals surface area contributed by atoms with Crippen LogP contribution in [0.15, 0.2) is 42.5 Å². The maximum atomic E-state index is 13.6. The zero-order valence-corrected chi connectivity index (χ0v) is 23.4. The SMILES string of the molecule is COC(=O)c1cccc(NC(=O)CC[C@@H](NC(=O)c2cc(Cl)cc(Cl)c2)C(=O)N2CCC3(CCCC3)CC2)c1. The molecule has 208 valence electrons. The number of methoxy groups -OCH3 is 1. The fourth-order valence-electron chi connectivity index (χ4n) is 5.57. The van der Waals surface area contributed by atoms with Crippen LogP contribution in [0.5, 0.6) is 0 Å². The molecule has 1 heterocycles. The normalized spacial score (nSPS) is 16.9. The number of benzene rings is 2. The average molecular weight is 575 g/mol. The van der Waals surface area contributed by atoms with Crippen LogP contribution in [0, 0.1) is 5.41 Å². The average Bonchev–Trinajstić information content (AvgIpc) is 3.37. The summed E-state index contributed by atoms with van der Waals surface area (Å²) in [6.45, 7) is 1.28. The predicted molar refractivity (Wildman–Crippen MR) is 150 cm³/mol. The van der Waals surface area contributed by atoms with Crippen molar-refractivity contribution in [2.24, 2.45) is 5.41 Å². The van der Waals surface area contributed by atoms with Crippen LogP contribution in [0.4, 0.5) is 5.69 Å². The van der Waals surface area contributed by atoms with Gasteiger partial charge in [0.15, 0.2) is 0 Å². The monoisotopic (exact) mass is 573 g/mol. The van der Waals surface area contributed by atoms with Gasteiger partial charge < -0.3 is 20.3 Å². The van der Waals surface area contributed by atoms with Gasteiger partial charge in [-0.25, -0.2) is 4.79 Å². The lowest BCUT2D eigenvalue weighted by molar-refractivity contribution is -0.135. The standard InChI is InChI=1S/C29H33Cl2N3O5/c1-39-28(38)19-5-4-6-23(17-19)32-25(35)8-7-24(33-26(36)20-15-21(30)18-22(31)16-20)27(37)34-13-11-29(12-14-34)9-2-3-10-29/h4-6,15-18,24H,2-3,7-14H2,1H3,(H,32,35)(H,33,36)/t24-/m1/s1. The summed E-state index contributed by atoms with van der Waals surface area (Å²) >= 11 is 12.1. The number of piperidine rings is 1. The van der Waals surface area contributed by atoms with Crippen molar-refractivity contribution in [3.63, 3.8) is 0 Å². The Morgan fingerprint density at radius 1 is 0.949 bits per heavy atom. The number of carbonyl (C=O) groups excluding carboxylic acids is 4. The molecule has 2 aliphatic rings. The highest BCUT2D eigenvalue weighted by Gasteiger charge is 2.39. The summed E-state index contributed by atoms with van der Waals surface area (Å²) in [5.74, 6) is -1.56. The minimum Gasteiger partial charge on any atom is -0.465 e. The van der Waals surface area contributed by atoms with Gasteiger partial charge in [0.25, 0.3) is 5.91 Å². The van der Waals surface area contributed by atoms with Gasteiger partial charge in [-0.1, -0.05) is 42.1 Å². The second-order valence-corrected chi connectivity index (χ2v) is 11.2. The van der Waals surface area contributed by atoms with E-state index in [1.54, 1.807) is 23.1 Å². The van der Waals surface area contributed by atoms with Crippen molar-refractivity contribution in [1.29, 1.82) is 0 Å². The molecule has 0 aromatic heterocycles. The number of carbonyl (C=O) groups is 4. The van der Waals surface area contributed by atoms with Crippen LogP contribution in [0.2, 0.25) is 10.0 Å². The number of nitrogens with one attached hydrogen (secondary N) is 2. The molecule has 3 amide bonds. The number of nitrogens with zero attached hydrogens (tertiary/aromatic N) is 1. The number of hydrogen-bond acceptors (Lipinski definition) is 5. The van der Waals surface area contributed by atoms with Gasteiger partial charge in [-0.05, 0) is 73.9 Å². The molecular weight excluding hydrogens is 541 g/mol. The molecule has 1 atom stereocenters. The van der Waals surface area contributed by atoms with E-state index in [0.717, 1.165) is 12.8 Å². The fourth-order valence-corrected chi connectivity index (χ4v) is 6.10. The number of anilines is 1. The molecule has 2 aromatic carbocycles. The summed E-state index contributed by atoms with van der Waals surface area (Å²) in [7, 11) is 1.28. The third-order valence-electron chi connectivity index (χ3n) is 7.76. The molecule has 1 aliphatic carbocycles. The van der Waals surface area contributed by atoms with Gasteiger partial charge in [-0.2, -0.15) is 0 Å². The smallest absolute Gasteiger partial charge is 0.337 e. The summed E-state index contributed by atoms with van der Waals surface area (Å²) < 4.78 is 4.73. The highest BCUT2D eigenvalue weighted by atomic mass is 35.5. The van der Waals surface area contributed by atoms with Crippen molar-refractivity contribution < 1.29 is 23.9 Å². The van der Waals surface area contributed by atoms with Crippen LogP contribution in [-0.4, -0.2) is 54.8 Å². The van der Waals surface area contributed by atoms with Crippen LogP contribution >= 0.6 is 23.2 Å². The number of esters is 1. The van der Waals surface area contributed by atoms with Crippen LogP contribution in [-0.2, 0) is 14.3 Å². The van der Waals surface area contributed by atoms with E-state index >= 15 is 0 Å². The molecule has 1 saturated heterocycles. The molecule has 39 heavy (non-hydrogen) atoms. The minimum atomic E-state index is -0.903. The molecule has 1 aliphatic heterocycles. The van der Waals surface area contributed by atoms with Crippen LogP contribution in [0.3, 0.4) is 0 Å². The lowest BCUT2D eigenvalue weighted by Gasteiger charge is -2.40. The summed E-state index contributed by atoms with van der Waals surface area (Å²) in [5.41, 5.74) is 1.31. The molecule has 2 aromatic rings. The quantitative estimate of drug-likeness (QED) is 0.407. The maximum absolute atomic E-state index is 13.6. The Morgan fingerprint density at radius 2 is 1.62 bits per heavy atom. The van der Waals surface area contributed by atoms with Crippen molar-refractivity contribution in [3.05, 3.63) is 63.6 Å². The Labute approximate surface area is 238 Å². The Hall–Kier alpha value is -3.10. The third-order valence-corrected chi connectivity index (χ3v) is 8.19. The Morgan fingerprint density at radius 3 is 2.26 bits per heavy atom. The van der Waals surface area contributed by atoms with E-state index in [1.165, 1.54) is 57.1 Å². The topological polar surface area (TPSA) is 105 Å². The van der Waals surface area contributed by atoms with Gasteiger partial charge in [0.2, 0.25) is 11.8 Å². The van der Waals surface area contributed by atoms with Gasteiger partial charge >= 0.3 is 5.97 Å². The first-order valence-corrected chi connectivity index (χ1v) is 14.0. The first-order chi connectivity index (χ1) is 18.7. The van der Waals surface area contributed by atoms with Crippen molar-refractivity contribution in [2.45, 2.75) is 57.4 Å². The molecule has 1 saturated carbocycles. The predicted octanol–water partition coefficient (Wildman–Crippen LogP) is 5.48. The summed E-state index contributed by atoms with van der Waals surface area (Å²) in [6, 6.07) is 9.98. The zero-order valence-electron chi connectivity index (χ0n) is 21.9. The maximum Gasteiger partial charge on any atom is 0.337 e. The lowest BCUT2D eigenvalue weighted by atomic mass is 9.77. The van der Waals surface area contributed by atoms with E-state index in [0.29, 0.717) is 39.8 Å². The van der Waals surface area contributed by atoms with E-state index in [-0.39, 0.29) is 30.2 Å². The van der Waals surface area contributed by atoms with Crippen LogP contribution < -0.4 is 10.6 Å². The zero-order chi connectivity index (χ0) is 28.0. The number of ether oxygens (including phenoxy) is 1. The Balaban J connectivity index is 1.43. The van der Waals surface area contributed by atoms with Crippen molar-refractivity contribution in [3.8, 4) is 0 Å². The summed E-state index contributed by atoms with van der Waals surface area (Å²) in [4.78, 5) is 53.1. The second kappa shape index (κ2) is 12.8. The lowest BCUT2D eigenvalue weighted by Crippen LogP contribution is -2.52. The summed E-state index contributed by atoms with van der Waals surface area (Å²) in [6.07, 6.45) is 6.90. The molecule has 0 unspecified atom stereocenters. The van der Waals surface area contributed by atoms with Crippen molar-refractivity contribution in [1.82, 2.24) is 10.2 Å². The molecule has 1 spiro atoms. The minimum absolute atomic E-state index is 0.0206.